The van der Waals surface area contributed by atoms with Gasteiger partial charge in [-0.05, 0) is 25.2 Å². The van der Waals surface area contributed by atoms with Crippen LogP contribution in [0.2, 0.25) is 0 Å². The van der Waals surface area contributed by atoms with Gasteiger partial charge in [0.2, 0.25) is 0 Å². The third kappa shape index (κ3) is 1.36. The largest absolute Gasteiger partial charge is 0.327 e. The molecule has 0 saturated heterocycles. The summed E-state index contributed by atoms with van der Waals surface area (Å²) in [7, 11) is 0. The van der Waals surface area contributed by atoms with Gasteiger partial charge in [0.25, 0.3) is 0 Å². The molecule has 1 atom stereocenters. The van der Waals surface area contributed by atoms with Crippen LogP contribution in [0.1, 0.15) is 26.7 Å². The zero-order chi connectivity index (χ0) is 5.49. The molecule has 0 spiro atoms. The van der Waals surface area contributed by atoms with Crippen molar-refractivity contribution in [1.29, 1.82) is 0 Å². The lowest BCUT2D eigenvalue weighted by atomic mass is 10.0. The van der Waals surface area contributed by atoms with Gasteiger partial charge in [-0.3, -0.25) is 0 Å². The fourth-order valence-electron chi connectivity index (χ4n) is 0.653. The molecule has 50 valence electrons. The summed E-state index contributed by atoms with van der Waals surface area (Å²) in [4.78, 5) is 0. The van der Waals surface area contributed by atoms with Crippen LogP contribution < -0.4 is 5.73 Å². The van der Waals surface area contributed by atoms with Gasteiger partial charge in [0.05, 0.1) is 0 Å². The summed E-state index contributed by atoms with van der Waals surface area (Å²) < 4.78 is 0. The highest BCUT2D eigenvalue weighted by Gasteiger charge is 2.40. The van der Waals surface area contributed by atoms with Crippen LogP contribution in [0.4, 0.5) is 0 Å². The van der Waals surface area contributed by atoms with E-state index in [0.717, 1.165) is 0 Å². The smallest absolute Gasteiger partial charge is 0.00643 e. The van der Waals surface area contributed by atoms with Crippen LogP contribution in [0.5, 0.6) is 0 Å². The second-order valence-corrected chi connectivity index (χ2v) is 2.94. The van der Waals surface area contributed by atoms with Crippen LogP contribution in [0, 0.1) is 5.41 Å². The minimum Gasteiger partial charge on any atom is -0.327 e. The molecule has 0 aliphatic heterocycles. The zero-order valence-corrected chi connectivity index (χ0v) is 6.29. The second kappa shape index (κ2) is 2.24. The summed E-state index contributed by atoms with van der Waals surface area (Å²) in [5.41, 5.74) is 6.16. The Labute approximate surface area is 57.1 Å². The van der Waals surface area contributed by atoms with Gasteiger partial charge in [0.1, 0.15) is 0 Å². The lowest BCUT2D eigenvalue weighted by Gasteiger charge is -2.10. The van der Waals surface area contributed by atoms with Crippen molar-refractivity contribution in [2.45, 2.75) is 32.7 Å². The Morgan fingerprint density at radius 3 is 1.88 bits per heavy atom. The van der Waals surface area contributed by atoms with E-state index in [4.69, 9.17) is 5.73 Å². The first-order valence-corrected chi connectivity index (χ1v) is 2.91. The van der Waals surface area contributed by atoms with E-state index in [1.807, 2.05) is 0 Å². The van der Waals surface area contributed by atoms with E-state index in [9.17, 15) is 0 Å². The third-order valence-corrected chi connectivity index (χ3v) is 2.14. The average molecular weight is 136 g/mol. The normalized spacial score (nSPS) is 25.9. The predicted octanol–water partition coefficient (Wildman–Crippen LogP) is 1.56. The molecule has 8 heavy (non-hydrogen) atoms. The Kier molecular flexibility index (Phi) is 2.31. The van der Waals surface area contributed by atoms with Crippen molar-refractivity contribution in [1.82, 2.24) is 0 Å². The first-order valence-electron chi connectivity index (χ1n) is 2.91. The highest BCUT2D eigenvalue weighted by Crippen LogP contribution is 2.46. The topological polar surface area (TPSA) is 26.0 Å². The molecule has 0 amide bonds. The van der Waals surface area contributed by atoms with Gasteiger partial charge in [-0.25, -0.2) is 0 Å². The van der Waals surface area contributed by atoms with E-state index < -0.39 is 0 Å². The van der Waals surface area contributed by atoms with Gasteiger partial charge >= 0.3 is 0 Å². The Morgan fingerprint density at radius 1 is 1.50 bits per heavy atom. The lowest BCUT2D eigenvalue weighted by Crippen LogP contribution is -2.25. The fourth-order valence-corrected chi connectivity index (χ4v) is 0.653. The van der Waals surface area contributed by atoms with Gasteiger partial charge in [-0.2, -0.15) is 0 Å². The minimum atomic E-state index is 0. The first-order chi connectivity index (χ1) is 3.15. The van der Waals surface area contributed by atoms with Crippen molar-refractivity contribution >= 4 is 12.4 Å². The predicted molar refractivity (Wildman–Crippen MR) is 38.2 cm³/mol. The van der Waals surface area contributed by atoms with Gasteiger partial charge in [-0.1, -0.05) is 6.92 Å². The van der Waals surface area contributed by atoms with Crippen molar-refractivity contribution in [2.75, 3.05) is 0 Å². The molecular weight excluding hydrogens is 122 g/mol. The van der Waals surface area contributed by atoms with E-state index in [1.165, 1.54) is 12.8 Å². The minimum absolute atomic E-state index is 0. The molecule has 1 aliphatic rings. The average Bonchev–Trinajstić information content (AvgIpc) is 2.21. The number of rotatable bonds is 1. The van der Waals surface area contributed by atoms with Crippen LogP contribution in [0.25, 0.3) is 0 Å². The highest BCUT2D eigenvalue weighted by atomic mass is 35.5. The molecule has 1 fully saturated rings. The number of nitrogens with two attached hydrogens (primary N) is 1. The summed E-state index contributed by atoms with van der Waals surface area (Å²) in [5, 5.41) is 0. The zero-order valence-electron chi connectivity index (χ0n) is 5.48. The molecule has 0 radical (unpaired) electrons. The van der Waals surface area contributed by atoms with Crippen molar-refractivity contribution in [3.8, 4) is 0 Å². The van der Waals surface area contributed by atoms with E-state index in [-0.39, 0.29) is 12.4 Å². The first kappa shape index (κ1) is 8.25. The van der Waals surface area contributed by atoms with E-state index >= 15 is 0 Å². The Morgan fingerprint density at radius 2 is 1.88 bits per heavy atom. The van der Waals surface area contributed by atoms with Gasteiger partial charge in [0, 0.05) is 6.04 Å². The lowest BCUT2D eigenvalue weighted by molar-refractivity contribution is 0.465. The molecule has 1 rings (SSSR count). The molecule has 2 N–H and O–H groups in total. The van der Waals surface area contributed by atoms with Crippen LogP contribution in [-0.4, -0.2) is 6.04 Å². The summed E-state index contributed by atoms with van der Waals surface area (Å²) in [6, 6.07) is 0.410. The molecule has 0 aromatic rings. The third-order valence-electron chi connectivity index (χ3n) is 2.14. The summed E-state index contributed by atoms with van der Waals surface area (Å²) in [5.74, 6) is 0. The SMILES string of the molecule is CC(N)C1(C)CC1.Cl. The quantitative estimate of drug-likeness (QED) is 0.580. The molecule has 0 heterocycles. The Bertz CT molecular complexity index is 76.6. The molecule has 0 aromatic carbocycles. The molecule has 0 bridgehead atoms. The monoisotopic (exact) mass is 135 g/mol. The maximum Gasteiger partial charge on any atom is 0.00643 e. The molecule has 1 nitrogen and oxygen atoms in total. The second-order valence-electron chi connectivity index (χ2n) is 2.94. The van der Waals surface area contributed by atoms with E-state index in [1.54, 1.807) is 0 Å². The van der Waals surface area contributed by atoms with Gasteiger partial charge < -0.3 is 5.73 Å². The standard InChI is InChI=1S/C6H13N.ClH/c1-5(7)6(2)3-4-6;/h5H,3-4,7H2,1-2H3;1H. The Balaban J connectivity index is 0.000000490. The summed E-state index contributed by atoms with van der Waals surface area (Å²) >= 11 is 0. The van der Waals surface area contributed by atoms with Crippen LogP contribution in [0.15, 0.2) is 0 Å². The summed E-state index contributed by atoms with van der Waals surface area (Å²) in [6.45, 7) is 4.34. The van der Waals surface area contributed by atoms with Crippen LogP contribution in [0.3, 0.4) is 0 Å². The fraction of sp³-hybridized carbons (Fsp3) is 1.00. The van der Waals surface area contributed by atoms with Crippen molar-refractivity contribution in [2.24, 2.45) is 11.1 Å². The van der Waals surface area contributed by atoms with Crippen LogP contribution >= 0.6 is 12.4 Å². The number of hydrogen-bond donors (Lipinski definition) is 1. The Hall–Kier alpha value is 0.250. The van der Waals surface area contributed by atoms with Crippen molar-refractivity contribution in [3.05, 3.63) is 0 Å². The highest BCUT2D eigenvalue weighted by molar-refractivity contribution is 5.85. The van der Waals surface area contributed by atoms with Gasteiger partial charge in [0.15, 0.2) is 0 Å². The molecule has 2 heteroatoms. The molecule has 0 aromatic heterocycles. The van der Waals surface area contributed by atoms with Crippen molar-refractivity contribution in [3.63, 3.8) is 0 Å². The molecule has 1 unspecified atom stereocenters. The van der Waals surface area contributed by atoms with E-state index in [0.29, 0.717) is 11.5 Å². The van der Waals surface area contributed by atoms with Crippen LogP contribution in [-0.2, 0) is 0 Å². The maximum absolute atomic E-state index is 5.63. The number of halogens is 1. The summed E-state index contributed by atoms with van der Waals surface area (Å²) in [6.07, 6.45) is 2.68. The maximum atomic E-state index is 5.63. The molecular formula is C6H14ClN. The molecule has 1 aliphatic carbocycles. The number of hydrogen-bond acceptors (Lipinski definition) is 1. The van der Waals surface area contributed by atoms with Gasteiger partial charge in [-0.15, -0.1) is 12.4 Å². The molecule has 1 saturated carbocycles. The van der Waals surface area contributed by atoms with Crippen molar-refractivity contribution < 1.29 is 0 Å². The van der Waals surface area contributed by atoms with E-state index in [2.05, 4.69) is 13.8 Å².